The molecule has 0 aromatic heterocycles. The van der Waals surface area contributed by atoms with Crippen LogP contribution < -0.4 is 0 Å². The van der Waals surface area contributed by atoms with E-state index in [0.29, 0.717) is 5.56 Å². The Morgan fingerprint density at radius 1 is 1.16 bits per heavy atom. The zero-order valence-electron chi connectivity index (χ0n) is 18.2. The third kappa shape index (κ3) is 3.77. The number of aliphatic imine (C=N–C) groups is 1. The van der Waals surface area contributed by atoms with E-state index in [1.54, 1.807) is 12.1 Å². The van der Waals surface area contributed by atoms with Crippen LogP contribution in [0.1, 0.15) is 37.9 Å². The van der Waals surface area contributed by atoms with Crippen LogP contribution in [0.3, 0.4) is 0 Å². The Kier molecular flexibility index (Phi) is 5.78. The maximum Gasteiger partial charge on any atom is 0.416 e. The second kappa shape index (κ2) is 8.53. The predicted molar refractivity (Wildman–Crippen MR) is 118 cm³/mol. The zero-order chi connectivity index (χ0) is 23.0. The Hall–Kier alpha value is -3.55. The van der Waals surface area contributed by atoms with E-state index >= 15 is 0 Å². The summed E-state index contributed by atoms with van der Waals surface area (Å²) in [5, 5.41) is 11.1. The summed E-state index contributed by atoms with van der Waals surface area (Å²) < 4.78 is 5.20. The van der Waals surface area contributed by atoms with Crippen molar-refractivity contribution in [2.45, 2.75) is 32.9 Å². The molecule has 0 N–H and O–H groups in total. The van der Waals surface area contributed by atoms with Gasteiger partial charge in [0.05, 0.1) is 22.9 Å². The van der Waals surface area contributed by atoms with Crippen LogP contribution in [0.4, 0.5) is 10.5 Å². The minimum atomic E-state index is -0.628. The quantitative estimate of drug-likeness (QED) is 0.512. The monoisotopic (exact) mass is 435 g/mol. The highest BCUT2D eigenvalue weighted by Crippen LogP contribution is 2.42. The Bertz CT molecular complexity index is 1060. The summed E-state index contributed by atoms with van der Waals surface area (Å²) in [6, 6.07) is 14.8. The van der Waals surface area contributed by atoms with Gasteiger partial charge in [-0.25, -0.2) is 9.69 Å². The van der Waals surface area contributed by atoms with E-state index in [4.69, 9.17) is 9.73 Å². The fourth-order valence-corrected chi connectivity index (χ4v) is 4.50. The van der Waals surface area contributed by atoms with Gasteiger partial charge in [0.2, 0.25) is 5.91 Å². The van der Waals surface area contributed by atoms with Gasteiger partial charge in [0.15, 0.2) is 0 Å². The van der Waals surface area contributed by atoms with E-state index in [-0.39, 0.29) is 36.1 Å². The number of ether oxygens (including phenoxy) is 1. The molecule has 32 heavy (non-hydrogen) atoms. The highest BCUT2D eigenvalue weighted by molar-refractivity contribution is 6.08. The van der Waals surface area contributed by atoms with Crippen molar-refractivity contribution in [3.63, 3.8) is 0 Å². The molecule has 166 valence electrons. The number of nitro groups is 1. The summed E-state index contributed by atoms with van der Waals surface area (Å²) in [6.45, 7) is 6.01. The van der Waals surface area contributed by atoms with E-state index < -0.39 is 23.0 Å². The molecule has 4 atom stereocenters. The first kappa shape index (κ1) is 21.7. The van der Waals surface area contributed by atoms with Gasteiger partial charge in [0.25, 0.3) is 5.69 Å². The lowest BCUT2D eigenvalue weighted by Gasteiger charge is -2.29. The standard InChI is InChI=1S/C24H25N3O5/c1-14(2)19-13-32-24(29)26(19)23(28)20-15(3)21(16-7-5-4-6-8-16)25-22(20)17-9-11-18(12-10-17)27(30)31/h4-12,14-15,19-20,22H,13H2,1-3H3/t15-,19+,20-,22-/m0/s1. The molecule has 0 saturated carbocycles. The van der Waals surface area contributed by atoms with Gasteiger partial charge < -0.3 is 4.74 Å². The minimum Gasteiger partial charge on any atom is -0.447 e. The molecule has 2 aromatic rings. The highest BCUT2D eigenvalue weighted by Gasteiger charge is 2.49. The largest absolute Gasteiger partial charge is 0.447 e. The smallest absolute Gasteiger partial charge is 0.416 e. The first-order valence-corrected chi connectivity index (χ1v) is 10.7. The molecule has 1 saturated heterocycles. The minimum absolute atomic E-state index is 0.0297. The number of carbonyl (C=O) groups excluding carboxylic acids is 2. The van der Waals surface area contributed by atoms with E-state index in [9.17, 15) is 19.7 Å². The number of rotatable bonds is 5. The van der Waals surface area contributed by atoms with Crippen molar-refractivity contribution in [1.29, 1.82) is 0 Å². The molecule has 2 heterocycles. The first-order chi connectivity index (χ1) is 15.3. The molecule has 1 fully saturated rings. The molecule has 0 aliphatic carbocycles. The normalized spacial score (nSPS) is 25.1. The van der Waals surface area contributed by atoms with Gasteiger partial charge in [-0.3, -0.25) is 19.9 Å². The number of cyclic esters (lactones) is 1. The lowest BCUT2D eigenvalue weighted by atomic mass is 9.82. The molecule has 0 radical (unpaired) electrons. The lowest BCUT2D eigenvalue weighted by Crippen LogP contribution is -2.47. The third-order valence-corrected chi connectivity index (χ3v) is 6.30. The SMILES string of the molecule is CC(C)[C@H]1COC(=O)N1C(=O)[C@H]1[C@H](C)C(c2ccccc2)=N[C@H]1c1ccc([N+](=O)[O-])cc1. The van der Waals surface area contributed by atoms with Crippen LogP contribution in [0.25, 0.3) is 0 Å². The van der Waals surface area contributed by atoms with Crippen molar-refractivity contribution in [2.75, 3.05) is 6.61 Å². The third-order valence-electron chi connectivity index (χ3n) is 6.30. The second-order valence-corrected chi connectivity index (χ2v) is 8.58. The van der Waals surface area contributed by atoms with Crippen LogP contribution in [-0.2, 0) is 9.53 Å². The van der Waals surface area contributed by atoms with E-state index in [2.05, 4.69) is 0 Å². The van der Waals surface area contributed by atoms with E-state index in [1.807, 2.05) is 51.1 Å². The highest BCUT2D eigenvalue weighted by atomic mass is 16.6. The number of non-ortho nitro benzene ring substituents is 1. The van der Waals surface area contributed by atoms with Crippen LogP contribution >= 0.6 is 0 Å². The number of nitrogens with zero attached hydrogens (tertiary/aromatic N) is 3. The average Bonchev–Trinajstić information content (AvgIpc) is 3.34. The van der Waals surface area contributed by atoms with Gasteiger partial charge >= 0.3 is 6.09 Å². The number of carbonyl (C=O) groups is 2. The van der Waals surface area contributed by atoms with E-state index in [1.165, 1.54) is 17.0 Å². The average molecular weight is 435 g/mol. The molecule has 0 bridgehead atoms. The van der Waals surface area contributed by atoms with Crippen molar-refractivity contribution in [2.24, 2.45) is 22.7 Å². The predicted octanol–water partition coefficient (Wildman–Crippen LogP) is 4.39. The van der Waals surface area contributed by atoms with Gasteiger partial charge in [-0.05, 0) is 17.0 Å². The molecular weight excluding hydrogens is 410 g/mol. The van der Waals surface area contributed by atoms with Gasteiger partial charge in [0.1, 0.15) is 6.61 Å². The molecule has 0 unspecified atom stereocenters. The van der Waals surface area contributed by atoms with Crippen molar-refractivity contribution in [3.8, 4) is 0 Å². The summed E-state index contributed by atoms with van der Waals surface area (Å²) in [5.41, 5.74) is 2.35. The van der Waals surface area contributed by atoms with Crippen LogP contribution in [0.5, 0.6) is 0 Å². The summed E-state index contributed by atoms with van der Waals surface area (Å²) in [6.07, 6.45) is -0.628. The summed E-state index contributed by atoms with van der Waals surface area (Å²) in [4.78, 5) is 43.0. The Labute approximate surface area is 186 Å². The fraction of sp³-hybridized carbons (Fsp3) is 0.375. The number of hydrogen-bond acceptors (Lipinski definition) is 6. The number of amides is 2. The van der Waals surface area contributed by atoms with Gasteiger partial charge in [-0.1, -0.05) is 63.2 Å². The van der Waals surface area contributed by atoms with Crippen molar-refractivity contribution >= 4 is 23.4 Å². The Morgan fingerprint density at radius 3 is 2.41 bits per heavy atom. The number of hydrogen-bond donors (Lipinski definition) is 0. The first-order valence-electron chi connectivity index (χ1n) is 10.7. The molecule has 8 heteroatoms. The number of nitro benzene ring substituents is 1. The molecule has 2 amide bonds. The van der Waals surface area contributed by atoms with Crippen LogP contribution in [0.2, 0.25) is 0 Å². The van der Waals surface area contributed by atoms with Gasteiger partial charge in [0, 0.05) is 23.8 Å². The van der Waals surface area contributed by atoms with Crippen LogP contribution in [-0.4, -0.2) is 40.2 Å². The zero-order valence-corrected chi connectivity index (χ0v) is 18.2. The summed E-state index contributed by atoms with van der Waals surface area (Å²) in [5.74, 6) is -1.16. The summed E-state index contributed by atoms with van der Waals surface area (Å²) in [7, 11) is 0. The molecule has 8 nitrogen and oxygen atoms in total. The molecule has 0 spiro atoms. The van der Waals surface area contributed by atoms with Crippen molar-refractivity contribution < 1.29 is 19.2 Å². The molecule has 2 aromatic carbocycles. The summed E-state index contributed by atoms with van der Waals surface area (Å²) >= 11 is 0. The topological polar surface area (TPSA) is 102 Å². The fourth-order valence-electron chi connectivity index (χ4n) is 4.50. The Morgan fingerprint density at radius 2 is 1.81 bits per heavy atom. The van der Waals surface area contributed by atoms with E-state index in [0.717, 1.165) is 11.3 Å². The maximum absolute atomic E-state index is 13.8. The molecule has 2 aliphatic rings. The molecule has 2 aliphatic heterocycles. The number of imide groups is 1. The van der Waals surface area contributed by atoms with Gasteiger partial charge in [-0.2, -0.15) is 0 Å². The molecule has 4 rings (SSSR count). The maximum atomic E-state index is 13.8. The van der Waals surface area contributed by atoms with Gasteiger partial charge in [-0.15, -0.1) is 0 Å². The lowest BCUT2D eigenvalue weighted by molar-refractivity contribution is -0.384. The second-order valence-electron chi connectivity index (χ2n) is 8.58. The van der Waals surface area contributed by atoms with Crippen molar-refractivity contribution in [1.82, 2.24) is 4.90 Å². The number of benzene rings is 2. The van der Waals surface area contributed by atoms with Crippen LogP contribution in [0.15, 0.2) is 59.6 Å². The molecular formula is C24H25N3O5. The van der Waals surface area contributed by atoms with Crippen LogP contribution in [0, 0.1) is 27.9 Å². The van der Waals surface area contributed by atoms with Crippen molar-refractivity contribution in [3.05, 3.63) is 75.8 Å². The Balaban J connectivity index is 1.75.